The molecular formula is C21H20O6. The highest BCUT2D eigenvalue weighted by molar-refractivity contribution is 5.88. The zero-order valence-corrected chi connectivity index (χ0v) is 15.2. The maximum Gasteiger partial charge on any atom is 0.197 e. The number of aliphatic hydroxyl groups is 1. The Kier molecular flexibility index (Phi) is 3.71. The van der Waals surface area contributed by atoms with Gasteiger partial charge in [-0.25, -0.2) is 0 Å². The molecule has 27 heavy (non-hydrogen) atoms. The van der Waals surface area contributed by atoms with Gasteiger partial charge in [-0.3, -0.25) is 4.79 Å². The highest BCUT2D eigenvalue weighted by atomic mass is 16.5. The van der Waals surface area contributed by atoms with Crippen LogP contribution in [-0.2, 0) is 0 Å². The van der Waals surface area contributed by atoms with E-state index in [-0.39, 0.29) is 33.8 Å². The standard InChI is InChI=1S/C21H20O6/c1-10-17-15(27-20(10)21(2,3)25)9-16-18(19(17)24)13(23)8-14(26-16)11-4-6-12(22)7-5-11/h4-10,20,22,24-25H,1-3H3. The first-order valence-corrected chi connectivity index (χ1v) is 8.69. The van der Waals surface area contributed by atoms with E-state index in [4.69, 9.17) is 9.15 Å². The fourth-order valence-corrected chi connectivity index (χ4v) is 3.75. The molecule has 0 saturated heterocycles. The summed E-state index contributed by atoms with van der Waals surface area (Å²) in [6.07, 6.45) is -0.554. The Morgan fingerprint density at radius 2 is 1.74 bits per heavy atom. The normalized spacial score (nSPS) is 19.1. The molecule has 2 atom stereocenters. The SMILES string of the molecule is CC1c2c(cc3oc(-c4ccc(O)cc4)cc(=O)c3c2O)OC1C(C)(C)O. The Balaban J connectivity index is 1.91. The van der Waals surface area contributed by atoms with Gasteiger partial charge in [0.1, 0.15) is 40.1 Å². The van der Waals surface area contributed by atoms with Crippen molar-refractivity contribution in [1.82, 2.24) is 0 Å². The average molecular weight is 368 g/mol. The van der Waals surface area contributed by atoms with Crippen LogP contribution in [0.2, 0.25) is 0 Å². The van der Waals surface area contributed by atoms with Gasteiger partial charge in [0, 0.05) is 29.2 Å². The number of hydrogen-bond donors (Lipinski definition) is 3. The summed E-state index contributed by atoms with van der Waals surface area (Å²) < 4.78 is 11.7. The molecule has 1 aromatic heterocycles. The smallest absolute Gasteiger partial charge is 0.197 e. The Morgan fingerprint density at radius 3 is 2.37 bits per heavy atom. The second-order valence-electron chi connectivity index (χ2n) is 7.51. The summed E-state index contributed by atoms with van der Waals surface area (Å²) in [7, 11) is 0. The van der Waals surface area contributed by atoms with Crippen molar-refractivity contribution in [2.45, 2.75) is 38.4 Å². The minimum atomic E-state index is -1.12. The molecule has 0 radical (unpaired) electrons. The molecule has 3 N–H and O–H groups in total. The van der Waals surface area contributed by atoms with E-state index in [2.05, 4.69) is 0 Å². The molecule has 2 aromatic carbocycles. The molecular weight excluding hydrogens is 348 g/mol. The summed E-state index contributed by atoms with van der Waals surface area (Å²) in [6.45, 7) is 5.12. The Labute approximate surface area is 155 Å². The zero-order valence-electron chi connectivity index (χ0n) is 15.2. The van der Waals surface area contributed by atoms with Crippen LogP contribution in [-0.4, -0.2) is 27.0 Å². The lowest BCUT2D eigenvalue weighted by Gasteiger charge is -2.28. The highest BCUT2D eigenvalue weighted by Crippen LogP contribution is 2.49. The number of aromatic hydroxyl groups is 2. The van der Waals surface area contributed by atoms with E-state index in [1.54, 1.807) is 32.0 Å². The molecule has 0 bridgehead atoms. The van der Waals surface area contributed by atoms with Gasteiger partial charge in [0.05, 0.1) is 5.60 Å². The van der Waals surface area contributed by atoms with Crippen molar-refractivity contribution < 1.29 is 24.5 Å². The summed E-state index contributed by atoms with van der Waals surface area (Å²) in [5.74, 6) is 0.355. The summed E-state index contributed by atoms with van der Waals surface area (Å²) in [6, 6.07) is 9.16. The Morgan fingerprint density at radius 1 is 1.07 bits per heavy atom. The largest absolute Gasteiger partial charge is 0.508 e. The summed E-state index contributed by atoms with van der Waals surface area (Å²) >= 11 is 0. The highest BCUT2D eigenvalue weighted by Gasteiger charge is 2.43. The van der Waals surface area contributed by atoms with Crippen molar-refractivity contribution in [3.63, 3.8) is 0 Å². The van der Waals surface area contributed by atoms with Crippen LogP contribution in [0.1, 0.15) is 32.3 Å². The number of rotatable bonds is 2. The number of hydrogen-bond acceptors (Lipinski definition) is 6. The monoisotopic (exact) mass is 368 g/mol. The number of fused-ring (bicyclic) bond motifs is 2. The van der Waals surface area contributed by atoms with Crippen molar-refractivity contribution >= 4 is 11.0 Å². The van der Waals surface area contributed by atoms with Gasteiger partial charge in [0.25, 0.3) is 0 Å². The maximum absolute atomic E-state index is 12.7. The summed E-state index contributed by atoms with van der Waals surface area (Å²) in [5.41, 5.74) is -0.176. The van der Waals surface area contributed by atoms with Crippen LogP contribution in [0, 0.1) is 0 Å². The minimum absolute atomic E-state index is 0.0862. The van der Waals surface area contributed by atoms with Crippen LogP contribution in [0.4, 0.5) is 0 Å². The van der Waals surface area contributed by atoms with Gasteiger partial charge in [-0.15, -0.1) is 0 Å². The molecule has 0 saturated carbocycles. The number of phenolic OH excluding ortho intramolecular Hbond substituents is 2. The molecule has 4 rings (SSSR count). The van der Waals surface area contributed by atoms with Crippen LogP contribution in [0.5, 0.6) is 17.2 Å². The van der Waals surface area contributed by atoms with Gasteiger partial charge >= 0.3 is 0 Å². The number of benzene rings is 2. The molecule has 2 heterocycles. The molecule has 1 aliphatic rings. The van der Waals surface area contributed by atoms with Crippen LogP contribution in [0.15, 0.2) is 45.6 Å². The molecule has 6 nitrogen and oxygen atoms in total. The van der Waals surface area contributed by atoms with E-state index in [1.165, 1.54) is 18.2 Å². The van der Waals surface area contributed by atoms with E-state index < -0.39 is 11.7 Å². The second-order valence-corrected chi connectivity index (χ2v) is 7.51. The Bertz CT molecular complexity index is 1090. The molecule has 1 aliphatic heterocycles. The third-order valence-corrected chi connectivity index (χ3v) is 5.01. The lowest BCUT2D eigenvalue weighted by atomic mass is 9.87. The van der Waals surface area contributed by atoms with Gasteiger partial charge in [-0.05, 0) is 38.1 Å². The predicted octanol–water partition coefficient (Wildman–Crippen LogP) is 3.51. The van der Waals surface area contributed by atoms with E-state index in [9.17, 15) is 20.1 Å². The van der Waals surface area contributed by atoms with Gasteiger partial charge in [-0.2, -0.15) is 0 Å². The van der Waals surface area contributed by atoms with Gasteiger partial charge in [0.2, 0.25) is 0 Å². The fourth-order valence-electron chi connectivity index (χ4n) is 3.75. The number of ether oxygens (including phenoxy) is 1. The topological polar surface area (TPSA) is 100 Å². The lowest BCUT2D eigenvalue weighted by molar-refractivity contribution is -0.0322. The third kappa shape index (κ3) is 2.73. The molecule has 0 amide bonds. The average Bonchev–Trinajstić information content (AvgIpc) is 2.92. The van der Waals surface area contributed by atoms with Crippen molar-refractivity contribution in [1.29, 1.82) is 0 Å². The molecule has 0 spiro atoms. The molecule has 0 aliphatic carbocycles. The van der Waals surface area contributed by atoms with Crippen molar-refractivity contribution in [2.75, 3.05) is 0 Å². The van der Waals surface area contributed by atoms with E-state index in [1.807, 2.05) is 6.92 Å². The second kappa shape index (κ2) is 5.76. The molecule has 140 valence electrons. The van der Waals surface area contributed by atoms with E-state index in [0.717, 1.165) is 0 Å². The molecule has 0 fully saturated rings. The van der Waals surface area contributed by atoms with Crippen LogP contribution >= 0.6 is 0 Å². The van der Waals surface area contributed by atoms with Crippen LogP contribution in [0.3, 0.4) is 0 Å². The van der Waals surface area contributed by atoms with Crippen LogP contribution < -0.4 is 10.2 Å². The molecule has 2 unspecified atom stereocenters. The van der Waals surface area contributed by atoms with E-state index >= 15 is 0 Å². The summed E-state index contributed by atoms with van der Waals surface area (Å²) in [4.78, 5) is 12.7. The quantitative estimate of drug-likeness (QED) is 0.640. The van der Waals surface area contributed by atoms with Gasteiger partial charge in [0.15, 0.2) is 5.43 Å². The van der Waals surface area contributed by atoms with Crippen molar-refractivity contribution in [2.24, 2.45) is 0 Å². The Hall–Kier alpha value is -2.99. The van der Waals surface area contributed by atoms with Crippen molar-refractivity contribution in [3.05, 3.63) is 52.2 Å². The van der Waals surface area contributed by atoms with Gasteiger partial charge in [-0.1, -0.05) is 6.92 Å². The zero-order chi connectivity index (χ0) is 19.5. The predicted molar refractivity (Wildman–Crippen MR) is 100 cm³/mol. The summed E-state index contributed by atoms with van der Waals surface area (Å²) in [5, 5.41) is 30.6. The maximum atomic E-state index is 12.7. The lowest BCUT2D eigenvalue weighted by Crippen LogP contribution is -2.40. The molecule has 6 heteroatoms. The fraction of sp³-hybridized carbons (Fsp3) is 0.286. The number of phenols is 2. The van der Waals surface area contributed by atoms with Gasteiger partial charge < -0.3 is 24.5 Å². The first-order chi connectivity index (χ1) is 12.7. The van der Waals surface area contributed by atoms with Crippen LogP contribution in [0.25, 0.3) is 22.3 Å². The van der Waals surface area contributed by atoms with Crippen molar-refractivity contribution in [3.8, 4) is 28.6 Å². The molecule has 3 aromatic rings. The first kappa shape index (κ1) is 17.4. The van der Waals surface area contributed by atoms with E-state index in [0.29, 0.717) is 22.6 Å². The first-order valence-electron chi connectivity index (χ1n) is 8.69. The minimum Gasteiger partial charge on any atom is -0.508 e. The third-order valence-electron chi connectivity index (χ3n) is 5.01.